The minimum Gasteiger partial charge on any atom is -0.386 e. The van der Waals surface area contributed by atoms with E-state index in [1.807, 2.05) is 51.2 Å². The topological polar surface area (TPSA) is 140 Å². The fourth-order valence-electron chi connectivity index (χ4n) is 10.8. The highest BCUT2D eigenvalue weighted by Crippen LogP contribution is 2.49. The van der Waals surface area contributed by atoms with Crippen molar-refractivity contribution < 1.29 is 18.4 Å². The molecule has 0 radical (unpaired) electrons. The summed E-state index contributed by atoms with van der Waals surface area (Å²) in [6, 6.07) is 13.7. The zero-order chi connectivity index (χ0) is 48.5. The Morgan fingerprint density at radius 3 is 1.97 bits per heavy atom. The highest BCUT2D eigenvalue weighted by molar-refractivity contribution is 5.90. The first kappa shape index (κ1) is 50.9. The van der Waals surface area contributed by atoms with Gasteiger partial charge in [0.15, 0.2) is 0 Å². The zero-order valence-electron chi connectivity index (χ0n) is 41.4. The number of hydrogen-bond acceptors (Lipinski definition) is 8. The van der Waals surface area contributed by atoms with Crippen LogP contribution in [0.2, 0.25) is 0 Å². The first-order valence-electron chi connectivity index (χ1n) is 24.7. The molecule has 67 heavy (non-hydrogen) atoms. The molecule has 3 amide bonds. The Kier molecular flexibility index (Phi) is 17.5. The number of urea groups is 1. The number of amides is 3. The summed E-state index contributed by atoms with van der Waals surface area (Å²) < 4.78 is 30.9. The fraction of sp³-hybridized carbons (Fsp3) is 0.547. The van der Waals surface area contributed by atoms with E-state index in [0.29, 0.717) is 29.7 Å². The molecule has 0 saturated carbocycles. The number of anilines is 3. The van der Waals surface area contributed by atoms with E-state index >= 15 is 8.78 Å². The van der Waals surface area contributed by atoms with Gasteiger partial charge in [-0.25, -0.2) is 13.6 Å². The number of aryl methyl sites for hydroxylation is 1. The van der Waals surface area contributed by atoms with Crippen LogP contribution in [-0.4, -0.2) is 92.2 Å². The Morgan fingerprint density at radius 2 is 1.39 bits per heavy atom. The molecule has 3 aliphatic rings. The number of likely N-dealkylation sites (tertiary alicyclic amines) is 2. The monoisotopic (exact) mass is 923 g/mol. The van der Waals surface area contributed by atoms with Gasteiger partial charge in [0.25, 0.3) is 0 Å². The van der Waals surface area contributed by atoms with Gasteiger partial charge in [0.1, 0.15) is 23.5 Å². The van der Waals surface area contributed by atoms with Gasteiger partial charge < -0.3 is 41.3 Å². The van der Waals surface area contributed by atoms with Gasteiger partial charge in [0.2, 0.25) is 5.91 Å². The predicted molar refractivity (Wildman–Crippen MR) is 271 cm³/mol. The van der Waals surface area contributed by atoms with Crippen LogP contribution in [-0.2, 0) is 4.79 Å². The van der Waals surface area contributed by atoms with E-state index in [4.69, 9.17) is 4.99 Å². The van der Waals surface area contributed by atoms with Crippen molar-refractivity contribution in [1.29, 1.82) is 5.41 Å². The van der Waals surface area contributed by atoms with Crippen LogP contribution in [0.15, 0.2) is 65.8 Å². The molecule has 0 spiro atoms. The highest BCUT2D eigenvalue weighted by Gasteiger charge is 2.39. The standard InChI is InChI=1S/C53H76F2N10O2/c1-11-35(12-2)49(58-9)51(56)64-26-16-18-46(64)34(7)61-43-21-19-37(27-32(43)5)47-23-24-48(65(47)40-29-41(54)33(6)42(55)30-40)38-20-22-44(57-8)45(28-38)60-31-39-17-15-25-63(39)52(66)50(36(13-3)14-4)62-53(67)59-10/h19-22,27-31,35-36,39,46-50,56-58,61H,7,11-18,23-26H2,1-6,8-10H3,(H2,59,62,67)/b56-51?,60-31+/t39?,46-,47?,48+,49?,50?/m0/s1. The molecular formula is C53H76F2N10O2. The number of rotatable bonds is 19. The number of carbonyl (C=O) groups excluding carboxylic acids is 2. The van der Waals surface area contributed by atoms with E-state index in [0.717, 1.165) is 105 Å². The lowest BCUT2D eigenvalue weighted by molar-refractivity contribution is -0.134. The molecular weight excluding hydrogens is 847 g/mol. The van der Waals surface area contributed by atoms with Crippen molar-refractivity contribution in [3.8, 4) is 0 Å². The minimum atomic E-state index is -0.645. The van der Waals surface area contributed by atoms with Gasteiger partial charge in [-0.2, -0.15) is 0 Å². The molecule has 3 saturated heterocycles. The minimum absolute atomic E-state index is 0.00147. The highest BCUT2D eigenvalue weighted by atomic mass is 19.1. The SMILES string of the molecule is C=C(Nc1ccc(C2CC[C@H](c3ccc(NC)c(/N=C/C4CCCN4C(=O)C(NC(=O)NC)C(CC)CC)c3)N2c2cc(F)c(C)c(F)c2)cc1C)[C@@H]1CCCN1C(=N)C(NC)C(CC)CC. The number of nitrogens with zero attached hydrogens (tertiary/aromatic N) is 4. The van der Waals surface area contributed by atoms with Crippen LogP contribution in [0.3, 0.4) is 0 Å². The summed E-state index contributed by atoms with van der Waals surface area (Å²) in [6.07, 6.45) is 10.3. The Bertz CT molecular complexity index is 2240. The van der Waals surface area contributed by atoms with Crippen LogP contribution in [0.25, 0.3) is 0 Å². The van der Waals surface area contributed by atoms with E-state index in [1.165, 1.54) is 19.1 Å². The molecule has 3 heterocycles. The maximum Gasteiger partial charge on any atom is 0.315 e. The van der Waals surface area contributed by atoms with Gasteiger partial charge >= 0.3 is 6.03 Å². The number of aliphatic imine (C=N–C) groups is 1. The van der Waals surface area contributed by atoms with Gasteiger partial charge in [0, 0.05) is 56.0 Å². The normalized spacial score (nSPS) is 20.5. The second kappa shape index (κ2) is 23.0. The van der Waals surface area contributed by atoms with E-state index in [-0.39, 0.29) is 53.6 Å². The van der Waals surface area contributed by atoms with Crippen molar-refractivity contribution in [2.75, 3.05) is 49.8 Å². The smallest absolute Gasteiger partial charge is 0.315 e. The number of carbonyl (C=O) groups is 2. The van der Waals surface area contributed by atoms with Gasteiger partial charge in [-0.15, -0.1) is 0 Å². The van der Waals surface area contributed by atoms with Gasteiger partial charge in [-0.1, -0.05) is 78.2 Å². The average Bonchev–Trinajstić information content (AvgIpc) is 4.13. The Morgan fingerprint density at radius 1 is 0.806 bits per heavy atom. The lowest BCUT2D eigenvalue weighted by atomic mass is 9.92. The molecule has 364 valence electrons. The third kappa shape index (κ3) is 11.1. The summed E-state index contributed by atoms with van der Waals surface area (Å²) in [5, 5.41) is 25.1. The van der Waals surface area contributed by atoms with E-state index < -0.39 is 17.7 Å². The molecule has 3 aromatic rings. The molecule has 14 heteroatoms. The number of benzene rings is 3. The van der Waals surface area contributed by atoms with Gasteiger partial charge in [0.05, 0.1) is 41.6 Å². The predicted octanol–water partition coefficient (Wildman–Crippen LogP) is 10.5. The maximum atomic E-state index is 15.5. The van der Waals surface area contributed by atoms with E-state index in [1.54, 1.807) is 7.05 Å². The van der Waals surface area contributed by atoms with Crippen LogP contribution < -0.4 is 31.5 Å². The van der Waals surface area contributed by atoms with Crippen molar-refractivity contribution in [1.82, 2.24) is 25.8 Å². The zero-order valence-corrected chi connectivity index (χ0v) is 41.4. The second-order valence-electron chi connectivity index (χ2n) is 18.7. The number of nitrogens with one attached hydrogen (secondary N) is 6. The number of hydrogen-bond donors (Lipinski definition) is 6. The van der Waals surface area contributed by atoms with Crippen LogP contribution in [0.4, 0.5) is 36.3 Å². The summed E-state index contributed by atoms with van der Waals surface area (Å²) in [4.78, 5) is 37.8. The largest absolute Gasteiger partial charge is 0.386 e. The average molecular weight is 923 g/mol. The molecule has 6 rings (SSSR count). The number of likely N-dealkylation sites (N-methyl/N-ethyl adjacent to an activating group) is 1. The molecule has 0 aliphatic carbocycles. The van der Waals surface area contributed by atoms with Crippen LogP contribution in [0, 0.1) is 42.7 Å². The first-order valence-corrected chi connectivity index (χ1v) is 24.7. The lowest BCUT2D eigenvalue weighted by Gasteiger charge is -2.36. The summed E-state index contributed by atoms with van der Waals surface area (Å²) in [5.74, 6) is -0.283. The van der Waals surface area contributed by atoms with E-state index in [9.17, 15) is 15.0 Å². The molecule has 12 nitrogen and oxygen atoms in total. The molecule has 0 aromatic heterocycles. The molecule has 0 bridgehead atoms. The Hall–Kier alpha value is -5.50. The molecule has 3 fully saturated rings. The van der Waals surface area contributed by atoms with Gasteiger partial charge in [-0.3, -0.25) is 15.2 Å². The summed E-state index contributed by atoms with van der Waals surface area (Å²) in [6.45, 7) is 17.9. The van der Waals surface area contributed by atoms with Crippen molar-refractivity contribution in [3.05, 3.63) is 94.7 Å². The molecule has 4 unspecified atom stereocenters. The third-order valence-corrected chi connectivity index (χ3v) is 14.9. The summed E-state index contributed by atoms with van der Waals surface area (Å²) in [5.41, 5.74) is 6.79. The van der Waals surface area contributed by atoms with Crippen molar-refractivity contribution in [2.45, 2.75) is 142 Å². The lowest BCUT2D eigenvalue weighted by Crippen LogP contribution is -2.55. The van der Waals surface area contributed by atoms with Crippen molar-refractivity contribution in [2.24, 2.45) is 16.8 Å². The van der Waals surface area contributed by atoms with Crippen LogP contribution >= 0.6 is 0 Å². The van der Waals surface area contributed by atoms with Crippen LogP contribution in [0.1, 0.15) is 126 Å². The van der Waals surface area contributed by atoms with Crippen molar-refractivity contribution in [3.63, 3.8) is 0 Å². The summed E-state index contributed by atoms with van der Waals surface area (Å²) >= 11 is 0. The fourth-order valence-corrected chi connectivity index (χ4v) is 10.8. The quantitative estimate of drug-likeness (QED) is 0.0520. The molecule has 3 aromatic carbocycles. The second-order valence-corrected chi connectivity index (χ2v) is 18.7. The van der Waals surface area contributed by atoms with E-state index in [2.05, 4.69) is 88.0 Å². The third-order valence-electron chi connectivity index (χ3n) is 14.9. The molecule has 6 N–H and O–H groups in total. The number of amidine groups is 1. The maximum absolute atomic E-state index is 15.5. The molecule has 6 atom stereocenters. The molecule has 3 aliphatic heterocycles. The Balaban J connectivity index is 1.27. The first-order chi connectivity index (χ1) is 32.2. The Labute approximate surface area is 398 Å². The van der Waals surface area contributed by atoms with Crippen LogP contribution in [0.5, 0.6) is 0 Å². The number of halogens is 2. The summed E-state index contributed by atoms with van der Waals surface area (Å²) in [7, 11) is 5.34. The van der Waals surface area contributed by atoms with Gasteiger partial charge in [-0.05, 0) is 118 Å². The van der Waals surface area contributed by atoms with Crippen molar-refractivity contribution >= 4 is 46.7 Å².